The van der Waals surface area contributed by atoms with E-state index in [4.69, 9.17) is 0 Å². The highest BCUT2D eigenvalue weighted by Gasteiger charge is 1.98. The largest absolute Gasteiger partial charge is 0.469 e. The Morgan fingerprint density at radius 1 is 0.842 bits per heavy atom. The van der Waals surface area contributed by atoms with Crippen LogP contribution in [-0.4, -0.2) is 13.1 Å². The van der Waals surface area contributed by atoms with Crippen LogP contribution in [0.1, 0.15) is 84.0 Å². The molecule has 0 aromatic heterocycles. The highest BCUT2D eigenvalue weighted by molar-refractivity contribution is 5.68. The third kappa shape index (κ3) is 15.2. The fourth-order valence-electron chi connectivity index (χ4n) is 2.16. The Bertz CT molecular complexity index is 221. The first-order chi connectivity index (χ1) is 9.31. The minimum atomic E-state index is -0.0721. The molecule has 2 nitrogen and oxygen atoms in total. The topological polar surface area (TPSA) is 26.3 Å². The van der Waals surface area contributed by atoms with Crippen LogP contribution in [0.5, 0.6) is 0 Å². The van der Waals surface area contributed by atoms with Crippen LogP contribution in [0.15, 0.2) is 12.2 Å². The molecule has 0 aliphatic rings. The van der Waals surface area contributed by atoms with E-state index in [1.807, 2.05) is 0 Å². The van der Waals surface area contributed by atoms with Crippen molar-refractivity contribution in [3.63, 3.8) is 0 Å². The van der Waals surface area contributed by atoms with Crippen molar-refractivity contribution in [2.24, 2.45) is 0 Å². The lowest BCUT2D eigenvalue weighted by Crippen LogP contribution is -1.99. The molecule has 2 heteroatoms. The number of allylic oxidation sites excluding steroid dienone is 2. The summed E-state index contributed by atoms with van der Waals surface area (Å²) in [5.41, 5.74) is 0. The van der Waals surface area contributed by atoms with E-state index < -0.39 is 0 Å². The predicted octanol–water partition coefficient (Wildman–Crippen LogP) is 5.42. The molecule has 0 aromatic carbocycles. The van der Waals surface area contributed by atoms with Gasteiger partial charge in [0.15, 0.2) is 0 Å². The maximum absolute atomic E-state index is 10.9. The summed E-state index contributed by atoms with van der Waals surface area (Å²) in [6, 6.07) is 0. The van der Waals surface area contributed by atoms with Gasteiger partial charge in [-0.25, -0.2) is 0 Å². The van der Waals surface area contributed by atoms with E-state index in [9.17, 15) is 4.79 Å². The molecule has 0 bridgehead atoms. The number of carbonyl (C=O) groups is 1. The molecular weight excluding hydrogens is 236 g/mol. The van der Waals surface area contributed by atoms with Crippen LogP contribution >= 0.6 is 0 Å². The molecule has 0 saturated heterocycles. The number of hydrogen-bond donors (Lipinski definition) is 0. The van der Waals surface area contributed by atoms with Gasteiger partial charge in [-0.05, 0) is 25.7 Å². The smallest absolute Gasteiger partial charge is 0.305 e. The molecule has 0 N–H and O–H groups in total. The molecule has 0 amide bonds. The van der Waals surface area contributed by atoms with Gasteiger partial charge >= 0.3 is 5.97 Å². The molecule has 0 radical (unpaired) electrons. The number of esters is 1. The zero-order valence-corrected chi connectivity index (χ0v) is 13.0. The third-order valence-electron chi connectivity index (χ3n) is 3.38. The quantitative estimate of drug-likeness (QED) is 0.253. The van der Waals surface area contributed by atoms with Crippen molar-refractivity contribution in [3.8, 4) is 0 Å². The summed E-state index contributed by atoms with van der Waals surface area (Å²) in [7, 11) is 1.46. The summed E-state index contributed by atoms with van der Waals surface area (Å²) in [4.78, 5) is 10.9. The molecule has 0 rings (SSSR count). The van der Waals surface area contributed by atoms with Crippen LogP contribution in [0.2, 0.25) is 0 Å². The van der Waals surface area contributed by atoms with Gasteiger partial charge in [-0.3, -0.25) is 4.79 Å². The average Bonchev–Trinajstić information content (AvgIpc) is 2.43. The number of unbranched alkanes of at least 4 members (excludes halogenated alkanes) is 9. The van der Waals surface area contributed by atoms with Crippen LogP contribution < -0.4 is 0 Å². The first kappa shape index (κ1) is 18.2. The Hall–Kier alpha value is -0.790. The Balaban J connectivity index is 3.03. The molecule has 0 aliphatic carbocycles. The standard InChI is InChI=1S/C17H32O2/c1-3-4-5-6-7-8-9-10-11-12-13-14-15-16-17(18)19-2/h4-5H,3,6-16H2,1-2H3/b5-4-. The highest BCUT2D eigenvalue weighted by Crippen LogP contribution is 2.11. The predicted molar refractivity (Wildman–Crippen MR) is 82.2 cm³/mol. The second-order valence-electron chi connectivity index (χ2n) is 5.18. The van der Waals surface area contributed by atoms with Crippen LogP contribution in [0, 0.1) is 0 Å². The molecule has 0 aliphatic heterocycles. The second kappa shape index (κ2) is 15.3. The van der Waals surface area contributed by atoms with E-state index in [1.54, 1.807) is 0 Å². The van der Waals surface area contributed by atoms with Gasteiger partial charge in [-0.15, -0.1) is 0 Å². The molecule has 19 heavy (non-hydrogen) atoms. The lowest BCUT2D eigenvalue weighted by Gasteiger charge is -2.02. The summed E-state index contributed by atoms with van der Waals surface area (Å²) in [6.07, 6.45) is 19.1. The van der Waals surface area contributed by atoms with Crippen molar-refractivity contribution in [2.75, 3.05) is 7.11 Å². The normalized spacial score (nSPS) is 11.1. The minimum Gasteiger partial charge on any atom is -0.469 e. The van der Waals surface area contributed by atoms with Gasteiger partial charge in [0.05, 0.1) is 7.11 Å². The second-order valence-corrected chi connectivity index (χ2v) is 5.18. The number of hydrogen-bond acceptors (Lipinski definition) is 2. The zero-order valence-electron chi connectivity index (χ0n) is 13.0. The lowest BCUT2D eigenvalue weighted by molar-refractivity contribution is -0.140. The van der Waals surface area contributed by atoms with E-state index in [2.05, 4.69) is 23.8 Å². The van der Waals surface area contributed by atoms with E-state index in [0.717, 1.165) is 19.3 Å². The molecule has 0 fully saturated rings. The Labute approximate surface area is 119 Å². The molecular formula is C17H32O2. The molecule has 0 aromatic rings. The van der Waals surface area contributed by atoms with Gasteiger partial charge in [0.25, 0.3) is 0 Å². The average molecular weight is 268 g/mol. The van der Waals surface area contributed by atoms with Crippen LogP contribution in [0.3, 0.4) is 0 Å². The lowest BCUT2D eigenvalue weighted by atomic mass is 10.1. The van der Waals surface area contributed by atoms with Crippen LogP contribution in [0.4, 0.5) is 0 Å². The van der Waals surface area contributed by atoms with E-state index >= 15 is 0 Å². The van der Waals surface area contributed by atoms with Crippen molar-refractivity contribution in [2.45, 2.75) is 84.0 Å². The Kier molecular flexibility index (Phi) is 14.6. The maximum Gasteiger partial charge on any atom is 0.305 e. The van der Waals surface area contributed by atoms with Gasteiger partial charge in [0.1, 0.15) is 0 Å². The first-order valence-electron chi connectivity index (χ1n) is 8.03. The summed E-state index contributed by atoms with van der Waals surface area (Å²) in [5.74, 6) is -0.0721. The number of carbonyl (C=O) groups excluding carboxylic acids is 1. The minimum absolute atomic E-state index is 0.0721. The van der Waals surface area contributed by atoms with Gasteiger partial charge in [-0.2, -0.15) is 0 Å². The Morgan fingerprint density at radius 3 is 1.89 bits per heavy atom. The Morgan fingerprint density at radius 2 is 1.37 bits per heavy atom. The number of rotatable bonds is 13. The van der Waals surface area contributed by atoms with Crippen molar-refractivity contribution >= 4 is 5.97 Å². The van der Waals surface area contributed by atoms with E-state index in [-0.39, 0.29) is 5.97 Å². The molecule has 0 spiro atoms. The highest BCUT2D eigenvalue weighted by atomic mass is 16.5. The molecule has 0 unspecified atom stereocenters. The molecule has 0 atom stereocenters. The fourth-order valence-corrected chi connectivity index (χ4v) is 2.16. The third-order valence-corrected chi connectivity index (χ3v) is 3.38. The number of methoxy groups -OCH3 is 1. The summed E-state index contributed by atoms with van der Waals surface area (Å²) >= 11 is 0. The fraction of sp³-hybridized carbons (Fsp3) is 0.824. The van der Waals surface area contributed by atoms with Gasteiger partial charge in [-0.1, -0.05) is 64.0 Å². The SMILES string of the molecule is CC/C=C\CCCCCCCCCCCC(=O)OC. The van der Waals surface area contributed by atoms with Gasteiger partial charge in [0.2, 0.25) is 0 Å². The molecule has 0 saturated carbocycles. The summed E-state index contributed by atoms with van der Waals surface area (Å²) in [5, 5.41) is 0. The summed E-state index contributed by atoms with van der Waals surface area (Å²) in [6.45, 7) is 2.18. The van der Waals surface area contributed by atoms with Crippen LogP contribution in [0.25, 0.3) is 0 Å². The first-order valence-corrected chi connectivity index (χ1v) is 8.03. The van der Waals surface area contributed by atoms with Crippen molar-refractivity contribution in [1.82, 2.24) is 0 Å². The van der Waals surface area contributed by atoms with E-state index in [0.29, 0.717) is 6.42 Å². The van der Waals surface area contributed by atoms with Crippen molar-refractivity contribution in [1.29, 1.82) is 0 Å². The monoisotopic (exact) mass is 268 g/mol. The molecule has 112 valence electrons. The van der Waals surface area contributed by atoms with Gasteiger partial charge in [0, 0.05) is 6.42 Å². The molecule has 0 heterocycles. The van der Waals surface area contributed by atoms with Crippen molar-refractivity contribution in [3.05, 3.63) is 12.2 Å². The number of ether oxygens (including phenoxy) is 1. The van der Waals surface area contributed by atoms with Crippen molar-refractivity contribution < 1.29 is 9.53 Å². The summed E-state index contributed by atoms with van der Waals surface area (Å²) < 4.78 is 4.61. The van der Waals surface area contributed by atoms with Gasteiger partial charge < -0.3 is 4.74 Å². The zero-order chi connectivity index (χ0) is 14.2. The maximum atomic E-state index is 10.9. The van der Waals surface area contributed by atoms with E-state index in [1.165, 1.54) is 58.5 Å². The van der Waals surface area contributed by atoms with Crippen LogP contribution in [-0.2, 0) is 9.53 Å².